The van der Waals surface area contributed by atoms with E-state index in [4.69, 9.17) is 9.47 Å². The third-order valence-electron chi connectivity index (χ3n) is 5.41. The fourth-order valence-electron chi connectivity index (χ4n) is 3.72. The lowest BCUT2D eigenvalue weighted by Crippen LogP contribution is -2.34. The summed E-state index contributed by atoms with van der Waals surface area (Å²) < 4.78 is 12.2. The van der Waals surface area contributed by atoms with Crippen LogP contribution in [0.4, 0.5) is 5.82 Å². The zero-order valence-corrected chi connectivity index (χ0v) is 17.8. The van der Waals surface area contributed by atoms with Crippen LogP contribution in [0.25, 0.3) is 11.2 Å². The van der Waals surface area contributed by atoms with E-state index in [1.807, 2.05) is 0 Å². The predicted octanol–water partition coefficient (Wildman–Crippen LogP) is -0.270. The van der Waals surface area contributed by atoms with Crippen molar-refractivity contribution in [1.29, 1.82) is 0 Å². The summed E-state index contributed by atoms with van der Waals surface area (Å²) in [5.74, 6) is -0.102. The molecule has 12 nitrogen and oxygen atoms in total. The fraction of sp³-hybridized carbons (Fsp3) is 0.429. The van der Waals surface area contributed by atoms with Gasteiger partial charge >= 0.3 is 5.97 Å². The number of aromatic nitrogens is 4. The van der Waals surface area contributed by atoms with Gasteiger partial charge in [0.1, 0.15) is 36.4 Å². The minimum atomic E-state index is -1.30. The van der Waals surface area contributed by atoms with Crippen LogP contribution in [0.1, 0.15) is 18.7 Å². The summed E-state index contributed by atoms with van der Waals surface area (Å²) in [4.78, 5) is 25.3. The Kier molecular flexibility index (Phi) is 6.70. The molecule has 2 aromatic heterocycles. The third kappa shape index (κ3) is 4.59. The molecule has 5 atom stereocenters. The lowest BCUT2D eigenvalue weighted by atomic mass is 10.1. The quantitative estimate of drug-likeness (QED) is 0.281. The highest BCUT2D eigenvalue weighted by Gasteiger charge is 2.44. The molecular weight excluding hydrogens is 434 g/mol. The molecule has 0 bridgehead atoms. The smallest absolute Gasteiger partial charge is 0.328 e. The predicted molar refractivity (Wildman–Crippen MR) is 114 cm³/mol. The average molecular weight is 459 g/mol. The average Bonchev–Trinajstić information content (AvgIpc) is 3.36. The number of fused-ring (bicyclic) bond motifs is 1. The van der Waals surface area contributed by atoms with Crippen molar-refractivity contribution in [2.75, 3.05) is 18.5 Å². The van der Waals surface area contributed by atoms with E-state index in [9.17, 15) is 25.2 Å². The molecule has 176 valence electrons. The number of carbonyl (C=O) groups is 1. The highest BCUT2D eigenvalue weighted by molar-refractivity contribution is 5.86. The van der Waals surface area contributed by atoms with E-state index < -0.39 is 43.2 Å². The molecule has 3 heterocycles. The number of imidazole rings is 1. The Bertz CT molecular complexity index is 1110. The molecule has 0 aliphatic carbocycles. The van der Waals surface area contributed by atoms with Crippen LogP contribution in [0.5, 0.6) is 5.75 Å². The first-order valence-electron chi connectivity index (χ1n) is 10.4. The Morgan fingerprint density at radius 1 is 1.21 bits per heavy atom. The van der Waals surface area contributed by atoms with E-state index in [1.54, 1.807) is 19.1 Å². The van der Waals surface area contributed by atoms with E-state index in [-0.39, 0.29) is 24.6 Å². The van der Waals surface area contributed by atoms with Gasteiger partial charge in [0, 0.05) is 6.42 Å². The first kappa shape index (κ1) is 22.9. The van der Waals surface area contributed by atoms with Crippen LogP contribution in [0, 0.1) is 0 Å². The van der Waals surface area contributed by atoms with Gasteiger partial charge in [-0.1, -0.05) is 12.1 Å². The summed E-state index contributed by atoms with van der Waals surface area (Å²) in [6.45, 7) is 1.45. The van der Waals surface area contributed by atoms with Crippen molar-refractivity contribution in [2.45, 2.75) is 43.9 Å². The maximum absolute atomic E-state index is 12.6. The van der Waals surface area contributed by atoms with Crippen LogP contribution in [0.3, 0.4) is 0 Å². The normalized spacial score (nSPS) is 23.5. The molecule has 12 heteroatoms. The van der Waals surface area contributed by atoms with Crippen LogP contribution < -0.4 is 5.32 Å². The number of nitrogens with one attached hydrogen (secondary N) is 1. The van der Waals surface area contributed by atoms with E-state index in [2.05, 4.69) is 20.3 Å². The monoisotopic (exact) mass is 459 g/mol. The maximum atomic E-state index is 12.6. The minimum absolute atomic E-state index is 0.118. The summed E-state index contributed by atoms with van der Waals surface area (Å²) >= 11 is 0. The number of hydrogen-bond acceptors (Lipinski definition) is 11. The van der Waals surface area contributed by atoms with Gasteiger partial charge in [-0.2, -0.15) is 0 Å². The largest absolute Gasteiger partial charge is 0.508 e. The minimum Gasteiger partial charge on any atom is -0.508 e. The van der Waals surface area contributed by atoms with Crippen LogP contribution >= 0.6 is 0 Å². The van der Waals surface area contributed by atoms with Gasteiger partial charge in [-0.3, -0.25) is 4.57 Å². The first-order valence-corrected chi connectivity index (χ1v) is 10.4. The number of benzene rings is 1. The number of phenolic OH excluding ortho intramolecular Hbond substituents is 1. The lowest BCUT2D eigenvalue weighted by Gasteiger charge is -2.19. The topological polar surface area (TPSA) is 172 Å². The Labute approximate surface area is 188 Å². The SMILES string of the molecule is CCOC(=O)[C@H](Cc1ccc(O)cc1)Nc1ncnc2c1ncn2C1OC(CO)C(O)C1O. The van der Waals surface area contributed by atoms with Crippen molar-refractivity contribution < 1.29 is 34.7 Å². The molecule has 0 saturated carbocycles. The number of aromatic hydroxyl groups is 1. The highest BCUT2D eigenvalue weighted by Crippen LogP contribution is 2.32. The highest BCUT2D eigenvalue weighted by atomic mass is 16.6. The molecule has 3 aromatic rings. The van der Waals surface area contributed by atoms with E-state index in [1.165, 1.54) is 29.4 Å². The fourth-order valence-corrected chi connectivity index (χ4v) is 3.72. The van der Waals surface area contributed by atoms with Crippen molar-refractivity contribution >= 4 is 23.0 Å². The third-order valence-corrected chi connectivity index (χ3v) is 5.41. The molecule has 1 aliphatic rings. The van der Waals surface area contributed by atoms with Gasteiger partial charge in [-0.15, -0.1) is 0 Å². The van der Waals surface area contributed by atoms with Crippen molar-refractivity contribution in [3.05, 3.63) is 42.5 Å². The molecule has 33 heavy (non-hydrogen) atoms. The van der Waals surface area contributed by atoms with Gasteiger partial charge in [0.05, 0.1) is 19.5 Å². The summed E-state index contributed by atoms with van der Waals surface area (Å²) in [5, 5.41) is 42.3. The summed E-state index contributed by atoms with van der Waals surface area (Å²) in [6, 6.07) is 5.67. The van der Waals surface area contributed by atoms with Crippen molar-refractivity contribution in [3.63, 3.8) is 0 Å². The molecule has 0 radical (unpaired) electrons. The molecule has 0 amide bonds. The number of phenols is 1. The maximum Gasteiger partial charge on any atom is 0.328 e. The van der Waals surface area contributed by atoms with Gasteiger partial charge in [-0.05, 0) is 24.6 Å². The number of aliphatic hydroxyl groups is 3. The van der Waals surface area contributed by atoms with E-state index >= 15 is 0 Å². The Morgan fingerprint density at radius 2 is 1.97 bits per heavy atom. The number of carbonyl (C=O) groups excluding carboxylic acids is 1. The molecule has 4 unspecified atom stereocenters. The summed E-state index contributed by atoms with van der Waals surface area (Å²) in [5.41, 5.74) is 1.41. The summed E-state index contributed by atoms with van der Waals surface area (Å²) in [6.07, 6.45) is -1.61. The Hall–Kier alpha value is -3.32. The van der Waals surface area contributed by atoms with Crippen LogP contribution in [0.2, 0.25) is 0 Å². The van der Waals surface area contributed by atoms with Gasteiger partial charge < -0.3 is 35.2 Å². The van der Waals surface area contributed by atoms with Crippen molar-refractivity contribution in [1.82, 2.24) is 19.5 Å². The van der Waals surface area contributed by atoms with Gasteiger partial charge in [-0.25, -0.2) is 19.7 Å². The number of rotatable bonds is 8. The van der Waals surface area contributed by atoms with Gasteiger partial charge in [0.15, 0.2) is 23.2 Å². The number of hydrogen-bond donors (Lipinski definition) is 5. The van der Waals surface area contributed by atoms with Crippen LogP contribution in [0.15, 0.2) is 36.9 Å². The zero-order valence-electron chi connectivity index (χ0n) is 17.8. The number of esters is 1. The molecular formula is C21H25N5O7. The van der Waals surface area contributed by atoms with Crippen molar-refractivity contribution in [2.24, 2.45) is 0 Å². The zero-order chi connectivity index (χ0) is 23.5. The second kappa shape index (κ2) is 9.67. The van der Waals surface area contributed by atoms with E-state index in [0.717, 1.165) is 5.56 Å². The van der Waals surface area contributed by atoms with Gasteiger partial charge in [0.2, 0.25) is 0 Å². The number of nitrogens with zero attached hydrogens (tertiary/aromatic N) is 4. The van der Waals surface area contributed by atoms with Gasteiger partial charge in [0.25, 0.3) is 0 Å². The van der Waals surface area contributed by atoms with Crippen LogP contribution in [-0.4, -0.2) is 83.5 Å². The Balaban J connectivity index is 1.62. The number of anilines is 1. The molecule has 1 saturated heterocycles. The molecule has 1 aromatic carbocycles. The molecule has 1 aliphatic heterocycles. The lowest BCUT2D eigenvalue weighted by molar-refractivity contribution is -0.144. The number of aliphatic hydroxyl groups excluding tert-OH is 3. The first-order chi connectivity index (χ1) is 15.9. The molecule has 4 rings (SSSR count). The molecule has 1 fully saturated rings. The standard InChI is InChI=1S/C21H25N5O7/c1-2-32-21(31)13(7-11-3-5-12(28)6-4-11)25-18-15-19(23-9-22-18)26(10-24-15)20-17(30)16(29)14(8-27)33-20/h3-6,9-10,13-14,16-17,20,27-30H,2,7-8H2,1H3,(H,22,23,25)/t13-,14?,16?,17?,20?/m0/s1. The second-order valence-electron chi connectivity index (χ2n) is 7.59. The molecule has 0 spiro atoms. The number of ether oxygens (including phenoxy) is 2. The van der Waals surface area contributed by atoms with Crippen molar-refractivity contribution in [3.8, 4) is 5.75 Å². The Morgan fingerprint density at radius 3 is 2.64 bits per heavy atom. The second-order valence-corrected chi connectivity index (χ2v) is 7.59. The molecule has 5 N–H and O–H groups in total. The summed E-state index contributed by atoms with van der Waals surface area (Å²) in [7, 11) is 0. The van der Waals surface area contributed by atoms with E-state index in [0.29, 0.717) is 11.2 Å². The van der Waals surface area contributed by atoms with Crippen LogP contribution in [-0.2, 0) is 20.7 Å².